The molecule has 1 fully saturated rings. The first-order chi connectivity index (χ1) is 35.7. The maximum absolute atomic E-state index is 14.7. The van der Waals surface area contributed by atoms with Crippen molar-refractivity contribution in [1.29, 1.82) is 0 Å². The summed E-state index contributed by atoms with van der Waals surface area (Å²) in [7, 11) is -5.30. The molecule has 6 atom stereocenters. The van der Waals surface area contributed by atoms with Crippen LogP contribution in [0.4, 0.5) is 0 Å². The van der Waals surface area contributed by atoms with E-state index in [2.05, 4.69) is 183 Å². The Kier molecular flexibility index (Phi) is 22.7. The van der Waals surface area contributed by atoms with E-state index in [9.17, 15) is 4.79 Å². The summed E-state index contributed by atoms with van der Waals surface area (Å²) in [4.78, 5) is 18.6. The summed E-state index contributed by atoms with van der Waals surface area (Å²) >= 11 is 1.64. The van der Waals surface area contributed by atoms with Gasteiger partial charge in [-0.3, -0.25) is 0 Å². The summed E-state index contributed by atoms with van der Waals surface area (Å²) in [5.74, 6) is -0.571. The first-order valence-corrected chi connectivity index (χ1v) is 36.5. The highest BCUT2D eigenvalue weighted by Gasteiger charge is 2.52. The van der Waals surface area contributed by atoms with Crippen molar-refractivity contribution in [2.24, 2.45) is 11.0 Å². The quantitative estimate of drug-likeness (QED) is 0.00621. The SMILES string of the molecule is COCOc1ccc(OCCCN=[N+]=[N-])c(C(CC[C@@H]2OC(C)(C)O[C@@H]2C(/C=C\[C@@H](C)[C@H](C)O[Si](c2ccccc2)(c2ccccc2)C(C)(C)C)O[Si](C)(C)C(C)(C)C)Sc2ccccc2)c1C(=O)OCC[Si](C)(C)C. The van der Waals surface area contributed by atoms with Crippen LogP contribution in [0.1, 0.15) is 110 Å². The highest BCUT2D eigenvalue weighted by Crippen LogP contribution is 2.49. The molecule has 1 aliphatic heterocycles. The van der Waals surface area contributed by atoms with Gasteiger partial charge in [-0.05, 0) is 115 Å². The van der Waals surface area contributed by atoms with Crippen LogP contribution in [0.5, 0.6) is 11.5 Å². The lowest BCUT2D eigenvalue weighted by Crippen LogP contribution is -2.67. The highest BCUT2D eigenvalue weighted by atomic mass is 32.2. The van der Waals surface area contributed by atoms with Crippen molar-refractivity contribution in [2.45, 2.75) is 178 Å². The third-order valence-corrected chi connectivity index (χ3v) is 27.1. The molecule has 0 aliphatic carbocycles. The molecule has 4 aromatic carbocycles. The first-order valence-electron chi connectivity index (χ1n) is 27.1. The van der Waals surface area contributed by atoms with Gasteiger partial charge in [0.05, 0.1) is 25.4 Å². The Bertz CT molecular complexity index is 2470. The number of carbonyl (C=O) groups excluding carboxylic acids is 1. The fourth-order valence-electron chi connectivity index (χ4n) is 9.22. The number of hydrogen-bond acceptors (Lipinski definition) is 11. The molecule has 1 saturated heterocycles. The number of benzene rings is 4. The average Bonchev–Trinajstić information content (AvgIpc) is 3.70. The van der Waals surface area contributed by atoms with E-state index < -0.39 is 54.8 Å². The van der Waals surface area contributed by atoms with Crippen molar-refractivity contribution in [3.63, 3.8) is 0 Å². The second-order valence-corrected chi connectivity index (χ2v) is 40.1. The minimum atomic E-state index is -2.85. The van der Waals surface area contributed by atoms with Gasteiger partial charge in [-0.1, -0.05) is 164 Å². The number of thioether (sulfide) groups is 1. The van der Waals surface area contributed by atoms with Gasteiger partial charge >= 0.3 is 5.97 Å². The molecule has 16 heteroatoms. The van der Waals surface area contributed by atoms with E-state index in [0.29, 0.717) is 41.9 Å². The highest BCUT2D eigenvalue weighted by molar-refractivity contribution is 7.99. The Balaban J connectivity index is 1.59. The molecule has 0 amide bonds. The second kappa shape index (κ2) is 27.6. The number of azide groups is 1. The Morgan fingerprint density at radius 2 is 1.38 bits per heavy atom. The number of carbonyl (C=O) groups is 1. The number of methoxy groups -OCH3 is 1. The van der Waals surface area contributed by atoms with Gasteiger partial charge in [0, 0.05) is 48.5 Å². The minimum Gasteiger partial charge on any atom is -0.493 e. The summed E-state index contributed by atoms with van der Waals surface area (Å²) in [5.41, 5.74) is 9.94. The van der Waals surface area contributed by atoms with Gasteiger partial charge in [-0.15, -0.1) is 11.8 Å². The van der Waals surface area contributed by atoms with Crippen LogP contribution in [0, 0.1) is 5.92 Å². The van der Waals surface area contributed by atoms with Crippen molar-refractivity contribution in [3.05, 3.63) is 137 Å². The molecule has 2 unspecified atom stereocenters. The van der Waals surface area contributed by atoms with Crippen molar-refractivity contribution in [1.82, 2.24) is 0 Å². The van der Waals surface area contributed by atoms with Gasteiger partial charge in [-0.2, -0.15) is 0 Å². The lowest BCUT2D eigenvalue weighted by molar-refractivity contribution is -0.152. The van der Waals surface area contributed by atoms with Crippen molar-refractivity contribution in [3.8, 4) is 11.5 Å². The molecule has 12 nitrogen and oxygen atoms in total. The topological polar surface area (TPSA) is 140 Å². The van der Waals surface area contributed by atoms with Gasteiger partial charge < -0.3 is 37.3 Å². The van der Waals surface area contributed by atoms with Gasteiger partial charge in [0.25, 0.3) is 8.32 Å². The van der Waals surface area contributed by atoms with Crippen molar-refractivity contribution < 1.29 is 42.1 Å². The zero-order valence-corrected chi connectivity index (χ0v) is 52.3. The molecule has 1 heterocycles. The maximum Gasteiger partial charge on any atom is 0.342 e. The molecule has 76 heavy (non-hydrogen) atoms. The summed E-state index contributed by atoms with van der Waals surface area (Å²) in [6.45, 7) is 34.2. The van der Waals surface area contributed by atoms with Crippen LogP contribution in [-0.4, -0.2) is 94.5 Å². The molecule has 0 bridgehead atoms. The second-order valence-electron chi connectivity index (χ2n) is 24.2. The van der Waals surface area contributed by atoms with Crippen LogP contribution >= 0.6 is 11.8 Å². The molecule has 0 radical (unpaired) electrons. The lowest BCUT2D eigenvalue weighted by Gasteiger charge is -2.45. The molecule has 5 rings (SSSR count). The normalized spacial score (nSPS) is 17.9. The standard InChI is InChI=1S/C60H89N3O9SSi3/c1-44(45(2)71-76(59(6,7)8,47-29-22-18-23-30-47)48-31-24-19-25-32-48)33-34-52(72-75(15,16)58(3,4)5)56-51(69-60(9,10)70-56)37-38-53(73-46-27-20-17-21-28-46)54-49(66-40-26-39-62-63-61)35-36-50(68-43-65-11)55(54)57(64)67-41-42-74(12,13)14/h17-25,27-36,44-45,51-53,56H,26,37-43H2,1-16H3/b34-33-/t44-,45+,51+,52?,53?,56+/m1/s1. The van der Waals surface area contributed by atoms with E-state index in [1.165, 1.54) is 10.4 Å². The van der Waals surface area contributed by atoms with E-state index in [0.717, 1.165) is 10.9 Å². The summed E-state index contributed by atoms with van der Waals surface area (Å²) < 4.78 is 53.3. The van der Waals surface area contributed by atoms with E-state index in [1.54, 1.807) is 24.9 Å². The molecular weight excluding hydrogens is 1020 g/mol. The van der Waals surface area contributed by atoms with Crippen LogP contribution < -0.4 is 19.8 Å². The Morgan fingerprint density at radius 3 is 1.93 bits per heavy atom. The van der Waals surface area contributed by atoms with Gasteiger partial charge in [0.2, 0.25) is 0 Å². The third kappa shape index (κ3) is 17.1. The number of hydrogen-bond donors (Lipinski definition) is 0. The molecular formula is C60H89N3O9SSi3. The molecule has 0 saturated carbocycles. The summed E-state index contributed by atoms with van der Waals surface area (Å²) in [5, 5.41) is 5.56. The van der Waals surface area contributed by atoms with Crippen molar-refractivity contribution >= 4 is 52.8 Å². The van der Waals surface area contributed by atoms with E-state index in [1.807, 2.05) is 38.1 Å². The Morgan fingerprint density at radius 1 is 0.789 bits per heavy atom. The van der Waals surface area contributed by atoms with Crippen LogP contribution in [0.15, 0.2) is 125 Å². The predicted octanol–water partition coefficient (Wildman–Crippen LogP) is 14.9. The van der Waals surface area contributed by atoms with Crippen LogP contribution in [-0.2, 0) is 27.8 Å². The molecule has 1 aliphatic rings. The van der Waals surface area contributed by atoms with E-state index in [4.69, 9.17) is 42.8 Å². The number of ether oxygens (including phenoxy) is 6. The van der Waals surface area contributed by atoms with Crippen LogP contribution in [0.3, 0.4) is 0 Å². The van der Waals surface area contributed by atoms with Crippen molar-refractivity contribution in [2.75, 3.05) is 33.7 Å². The molecule has 4 aromatic rings. The molecule has 0 spiro atoms. The molecule has 0 aromatic heterocycles. The monoisotopic (exact) mass is 1110 g/mol. The van der Waals surface area contributed by atoms with Crippen LogP contribution in [0.2, 0.25) is 48.9 Å². The minimum absolute atomic E-state index is 0.00533. The molecule has 0 N–H and O–H groups in total. The average molecular weight is 1110 g/mol. The van der Waals surface area contributed by atoms with Crippen LogP contribution in [0.25, 0.3) is 10.4 Å². The number of rotatable bonds is 28. The fourth-order valence-corrected chi connectivity index (χ4v) is 17.2. The smallest absolute Gasteiger partial charge is 0.342 e. The van der Waals surface area contributed by atoms with Gasteiger partial charge in [0.1, 0.15) is 23.2 Å². The third-order valence-electron chi connectivity index (χ3n) is 14.5. The summed E-state index contributed by atoms with van der Waals surface area (Å²) in [6.07, 6.45) is 4.51. The predicted molar refractivity (Wildman–Crippen MR) is 318 cm³/mol. The maximum atomic E-state index is 14.7. The summed E-state index contributed by atoms with van der Waals surface area (Å²) in [6, 6.07) is 36.1. The first kappa shape index (κ1) is 62.6. The largest absolute Gasteiger partial charge is 0.493 e. The fraction of sp³-hybridized carbons (Fsp3) is 0.550. The number of nitrogens with zero attached hydrogens (tertiary/aromatic N) is 3. The number of esters is 1. The zero-order chi connectivity index (χ0) is 56.0. The lowest BCUT2D eigenvalue weighted by atomic mass is 9.95. The van der Waals surface area contributed by atoms with E-state index >= 15 is 0 Å². The van der Waals surface area contributed by atoms with Gasteiger partial charge in [-0.25, -0.2) is 4.79 Å². The van der Waals surface area contributed by atoms with Gasteiger partial charge in [0.15, 0.2) is 20.9 Å². The van der Waals surface area contributed by atoms with E-state index in [-0.39, 0.29) is 53.9 Å². The Hall–Kier alpha value is -4.20. The zero-order valence-electron chi connectivity index (χ0n) is 48.5. The Labute approximate surface area is 463 Å². The molecule has 416 valence electrons.